The van der Waals surface area contributed by atoms with Gasteiger partial charge < -0.3 is 23.7 Å². The van der Waals surface area contributed by atoms with E-state index in [1.54, 1.807) is 44.4 Å². The molecule has 0 unspecified atom stereocenters. The number of carbonyl (C=O) groups is 1. The van der Waals surface area contributed by atoms with E-state index in [1.165, 1.54) is 0 Å². The van der Waals surface area contributed by atoms with Crippen LogP contribution in [-0.4, -0.2) is 49.9 Å². The Labute approximate surface area is 187 Å². The summed E-state index contributed by atoms with van der Waals surface area (Å²) in [5.74, 6) is 0.768. The molecule has 0 radical (unpaired) electrons. The van der Waals surface area contributed by atoms with Gasteiger partial charge in [0.1, 0.15) is 17.1 Å². The molecule has 0 aliphatic carbocycles. The summed E-state index contributed by atoms with van der Waals surface area (Å²) in [6.45, 7) is 1.92. The van der Waals surface area contributed by atoms with Crippen LogP contribution in [0, 0.1) is 0 Å². The molecule has 3 rings (SSSR count). The third-order valence-corrected chi connectivity index (χ3v) is 5.25. The molecule has 0 N–H and O–H groups in total. The van der Waals surface area contributed by atoms with Crippen LogP contribution in [0.2, 0.25) is 5.02 Å². The van der Waals surface area contributed by atoms with Crippen LogP contribution in [0.25, 0.3) is 0 Å². The third-order valence-electron chi connectivity index (χ3n) is 5.01. The van der Waals surface area contributed by atoms with Crippen LogP contribution in [0.1, 0.15) is 21.6 Å². The lowest BCUT2D eigenvalue weighted by atomic mass is 10.1. The standard InChI is InChI=1S/C24H27ClN2O4/c1-29-14-13-27(24(28)23-21(30-2)10-5-11-22(23)31-3)17-20-9-6-12-26(20)16-18-7-4-8-19(25)15-18/h4-12,15H,13-14,16-17H2,1-3H3. The monoisotopic (exact) mass is 442 g/mol. The summed E-state index contributed by atoms with van der Waals surface area (Å²) in [7, 11) is 4.70. The molecule has 0 saturated carbocycles. The van der Waals surface area contributed by atoms with Gasteiger partial charge in [0.15, 0.2) is 0 Å². The van der Waals surface area contributed by atoms with Crippen LogP contribution in [-0.2, 0) is 17.8 Å². The lowest BCUT2D eigenvalue weighted by Crippen LogP contribution is -2.34. The SMILES string of the molecule is COCCN(Cc1cccn1Cc1cccc(Cl)c1)C(=O)c1c(OC)cccc1OC. The minimum atomic E-state index is -0.179. The molecular formula is C24H27ClN2O4. The number of hydrogen-bond acceptors (Lipinski definition) is 4. The number of ether oxygens (including phenoxy) is 3. The number of amides is 1. The first kappa shape index (κ1) is 22.7. The van der Waals surface area contributed by atoms with Crippen LogP contribution in [0.15, 0.2) is 60.8 Å². The molecular weight excluding hydrogens is 416 g/mol. The molecule has 0 aliphatic heterocycles. The zero-order chi connectivity index (χ0) is 22.2. The molecule has 0 aliphatic rings. The first-order valence-electron chi connectivity index (χ1n) is 9.95. The average Bonchev–Trinajstić information content (AvgIpc) is 3.21. The number of nitrogens with zero attached hydrogens (tertiary/aromatic N) is 2. The molecule has 0 bridgehead atoms. The molecule has 7 heteroatoms. The Morgan fingerprint density at radius 3 is 2.35 bits per heavy atom. The average molecular weight is 443 g/mol. The van der Waals surface area contributed by atoms with E-state index in [1.807, 2.05) is 42.6 Å². The lowest BCUT2D eigenvalue weighted by molar-refractivity contribution is 0.0669. The topological polar surface area (TPSA) is 52.9 Å². The Bertz CT molecular complexity index is 996. The lowest BCUT2D eigenvalue weighted by Gasteiger charge is -2.25. The maximum absolute atomic E-state index is 13.5. The quantitative estimate of drug-likeness (QED) is 0.464. The highest BCUT2D eigenvalue weighted by Crippen LogP contribution is 2.30. The van der Waals surface area contributed by atoms with Crippen LogP contribution in [0.3, 0.4) is 0 Å². The normalized spacial score (nSPS) is 10.7. The van der Waals surface area contributed by atoms with E-state index < -0.39 is 0 Å². The third kappa shape index (κ3) is 5.60. The van der Waals surface area contributed by atoms with Gasteiger partial charge in [-0.05, 0) is 42.0 Å². The number of hydrogen-bond donors (Lipinski definition) is 0. The number of halogens is 1. The van der Waals surface area contributed by atoms with E-state index in [9.17, 15) is 4.79 Å². The molecule has 6 nitrogen and oxygen atoms in total. The largest absolute Gasteiger partial charge is 0.496 e. The predicted octanol–water partition coefficient (Wildman–Crippen LogP) is 4.50. The van der Waals surface area contributed by atoms with E-state index in [4.69, 9.17) is 25.8 Å². The van der Waals surface area contributed by atoms with E-state index in [2.05, 4.69) is 4.57 Å². The van der Waals surface area contributed by atoms with Gasteiger partial charge in [-0.15, -0.1) is 0 Å². The smallest absolute Gasteiger partial charge is 0.261 e. The Balaban J connectivity index is 1.88. The van der Waals surface area contributed by atoms with E-state index in [0.29, 0.717) is 48.3 Å². The van der Waals surface area contributed by atoms with Crippen molar-refractivity contribution in [2.75, 3.05) is 34.5 Å². The van der Waals surface area contributed by atoms with Crippen LogP contribution in [0.4, 0.5) is 0 Å². The van der Waals surface area contributed by atoms with Crippen molar-refractivity contribution in [1.82, 2.24) is 9.47 Å². The maximum Gasteiger partial charge on any atom is 0.261 e. The van der Waals surface area contributed by atoms with Crippen molar-refractivity contribution in [3.8, 4) is 11.5 Å². The van der Waals surface area contributed by atoms with Gasteiger partial charge in [-0.3, -0.25) is 4.79 Å². The second kappa shape index (κ2) is 10.9. The van der Waals surface area contributed by atoms with Crippen molar-refractivity contribution < 1.29 is 19.0 Å². The number of carbonyl (C=O) groups excluding carboxylic acids is 1. The van der Waals surface area contributed by atoms with Crippen molar-refractivity contribution >= 4 is 17.5 Å². The first-order chi connectivity index (χ1) is 15.1. The molecule has 0 saturated heterocycles. The zero-order valence-electron chi connectivity index (χ0n) is 18.0. The minimum Gasteiger partial charge on any atom is -0.496 e. The molecule has 31 heavy (non-hydrogen) atoms. The van der Waals surface area contributed by atoms with Crippen molar-refractivity contribution in [2.45, 2.75) is 13.1 Å². The van der Waals surface area contributed by atoms with E-state index in [0.717, 1.165) is 11.3 Å². The summed E-state index contributed by atoms with van der Waals surface area (Å²) in [6.07, 6.45) is 2.00. The van der Waals surface area contributed by atoms with Crippen LogP contribution in [0.5, 0.6) is 11.5 Å². The number of benzene rings is 2. The number of rotatable bonds is 10. The van der Waals surface area contributed by atoms with Gasteiger partial charge in [0.05, 0.1) is 27.4 Å². The zero-order valence-corrected chi connectivity index (χ0v) is 18.8. The van der Waals surface area contributed by atoms with Crippen molar-refractivity contribution in [2.24, 2.45) is 0 Å². The van der Waals surface area contributed by atoms with Gasteiger partial charge in [-0.25, -0.2) is 0 Å². The fourth-order valence-corrected chi connectivity index (χ4v) is 3.66. The summed E-state index contributed by atoms with van der Waals surface area (Å²) in [5.41, 5.74) is 2.49. The highest BCUT2D eigenvalue weighted by Gasteiger charge is 2.24. The summed E-state index contributed by atoms with van der Waals surface area (Å²) >= 11 is 6.13. The second-order valence-corrected chi connectivity index (χ2v) is 7.45. The van der Waals surface area contributed by atoms with Gasteiger partial charge in [0.25, 0.3) is 5.91 Å². The Morgan fingerprint density at radius 1 is 1.00 bits per heavy atom. The van der Waals surface area contributed by atoms with Gasteiger partial charge in [-0.2, -0.15) is 0 Å². The van der Waals surface area contributed by atoms with Crippen molar-refractivity contribution in [3.05, 3.63) is 82.6 Å². The van der Waals surface area contributed by atoms with Gasteiger partial charge in [0, 0.05) is 37.1 Å². The number of methoxy groups -OCH3 is 3. The van der Waals surface area contributed by atoms with E-state index >= 15 is 0 Å². The Kier molecular flexibility index (Phi) is 7.98. The minimum absolute atomic E-state index is 0.179. The highest BCUT2D eigenvalue weighted by molar-refractivity contribution is 6.30. The number of aromatic nitrogens is 1. The summed E-state index contributed by atoms with van der Waals surface area (Å²) in [4.78, 5) is 15.3. The molecule has 1 aromatic heterocycles. The van der Waals surface area contributed by atoms with Crippen LogP contribution < -0.4 is 9.47 Å². The fourth-order valence-electron chi connectivity index (χ4n) is 3.45. The molecule has 0 atom stereocenters. The molecule has 3 aromatic rings. The van der Waals surface area contributed by atoms with E-state index in [-0.39, 0.29) is 5.91 Å². The highest BCUT2D eigenvalue weighted by atomic mass is 35.5. The summed E-state index contributed by atoms with van der Waals surface area (Å²) in [5, 5.41) is 0.700. The molecule has 2 aromatic carbocycles. The second-order valence-electron chi connectivity index (χ2n) is 7.01. The Hall–Kier alpha value is -2.96. The predicted molar refractivity (Wildman–Crippen MR) is 121 cm³/mol. The van der Waals surface area contributed by atoms with Gasteiger partial charge >= 0.3 is 0 Å². The fraction of sp³-hybridized carbons (Fsp3) is 0.292. The summed E-state index contributed by atoms with van der Waals surface area (Å²) in [6, 6.07) is 17.1. The van der Waals surface area contributed by atoms with Gasteiger partial charge in [-0.1, -0.05) is 29.8 Å². The van der Waals surface area contributed by atoms with Crippen molar-refractivity contribution in [1.29, 1.82) is 0 Å². The molecule has 164 valence electrons. The first-order valence-corrected chi connectivity index (χ1v) is 10.3. The van der Waals surface area contributed by atoms with Crippen molar-refractivity contribution in [3.63, 3.8) is 0 Å². The van der Waals surface area contributed by atoms with Gasteiger partial charge in [0.2, 0.25) is 0 Å². The maximum atomic E-state index is 13.5. The Morgan fingerprint density at radius 2 is 1.71 bits per heavy atom. The van der Waals surface area contributed by atoms with Crippen LogP contribution >= 0.6 is 11.6 Å². The molecule has 0 fully saturated rings. The molecule has 1 heterocycles. The molecule has 0 spiro atoms. The molecule has 1 amide bonds. The summed E-state index contributed by atoms with van der Waals surface area (Å²) < 4.78 is 18.2.